The van der Waals surface area contributed by atoms with Crippen molar-refractivity contribution in [2.45, 2.75) is 32.2 Å². The van der Waals surface area contributed by atoms with Gasteiger partial charge in [0, 0.05) is 25.9 Å². The third-order valence-corrected chi connectivity index (χ3v) is 6.24. The highest BCUT2D eigenvalue weighted by Gasteiger charge is 2.24. The van der Waals surface area contributed by atoms with Gasteiger partial charge in [-0.25, -0.2) is 8.42 Å². The van der Waals surface area contributed by atoms with Crippen molar-refractivity contribution in [3.63, 3.8) is 0 Å². The largest absolute Gasteiger partial charge is 0.468 e. The lowest BCUT2D eigenvalue weighted by Gasteiger charge is -2.33. The van der Waals surface area contributed by atoms with Crippen LogP contribution in [0.2, 0.25) is 0 Å². The van der Waals surface area contributed by atoms with Crippen LogP contribution in [0.25, 0.3) is 0 Å². The normalized spacial score (nSPS) is 18.1. The van der Waals surface area contributed by atoms with Gasteiger partial charge >= 0.3 is 0 Å². The van der Waals surface area contributed by atoms with Crippen LogP contribution in [0.15, 0.2) is 27.8 Å². The molecule has 1 unspecified atom stereocenters. The molecule has 7 nitrogen and oxygen atoms in total. The number of nitrogens with one attached hydrogen (secondary N) is 2. The molecule has 0 saturated carbocycles. The maximum absolute atomic E-state index is 11.6. The van der Waals surface area contributed by atoms with Crippen molar-refractivity contribution < 1.29 is 12.8 Å². The summed E-state index contributed by atoms with van der Waals surface area (Å²) in [4.78, 5) is 6.62. The number of hydrogen-bond acceptors (Lipinski definition) is 5. The average Bonchev–Trinajstić information content (AvgIpc) is 3.15. The quantitative estimate of drug-likeness (QED) is 0.531. The number of guanidine groups is 1. The first-order valence-electron chi connectivity index (χ1n) is 8.98. The molecule has 0 amide bonds. The molecule has 8 heteroatoms. The van der Waals surface area contributed by atoms with Crippen molar-refractivity contribution in [1.82, 2.24) is 15.5 Å². The summed E-state index contributed by atoms with van der Waals surface area (Å²) < 4.78 is 28.8. The molecule has 0 bridgehead atoms. The van der Waals surface area contributed by atoms with Gasteiger partial charge in [0.15, 0.2) is 15.8 Å². The first kappa shape index (κ1) is 19.8. The van der Waals surface area contributed by atoms with Gasteiger partial charge in [0.2, 0.25) is 0 Å². The summed E-state index contributed by atoms with van der Waals surface area (Å²) in [6.07, 6.45) is 5.40. The van der Waals surface area contributed by atoms with Crippen molar-refractivity contribution >= 4 is 15.8 Å². The monoisotopic (exact) mass is 370 g/mol. The number of likely N-dealkylation sites (tertiary alicyclic amines) is 1. The Bertz CT molecular complexity index is 622. The van der Waals surface area contributed by atoms with Gasteiger partial charge in [-0.1, -0.05) is 13.3 Å². The molecule has 25 heavy (non-hydrogen) atoms. The van der Waals surface area contributed by atoms with E-state index >= 15 is 0 Å². The Morgan fingerprint density at radius 1 is 1.32 bits per heavy atom. The van der Waals surface area contributed by atoms with Gasteiger partial charge in [-0.05, 0) is 38.1 Å². The van der Waals surface area contributed by atoms with E-state index in [1.54, 1.807) is 20.2 Å². The van der Waals surface area contributed by atoms with Crippen LogP contribution < -0.4 is 10.6 Å². The SMILES string of the molecule is CCS(=O)(=O)CCNC(=NC)NCC(c1ccco1)N1CCCCC1. The molecule has 1 aliphatic rings. The lowest BCUT2D eigenvalue weighted by atomic mass is 10.1. The van der Waals surface area contributed by atoms with Crippen molar-refractivity contribution in [3.05, 3.63) is 24.2 Å². The molecule has 1 atom stereocenters. The molecule has 1 fully saturated rings. The number of sulfone groups is 1. The van der Waals surface area contributed by atoms with Crippen LogP contribution in [0.4, 0.5) is 0 Å². The highest BCUT2D eigenvalue weighted by molar-refractivity contribution is 7.91. The zero-order valence-corrected chi connectivity index (χ0v) is 16.0. The summed E-state index contributed by atoms with van der Waals surface area (Å²) >= 11 is 0. The third-order valence-electron chi connectivity index (χ3n) is 4.53. The Balaban J connectivity index is 1.89. The van der Waals surface area contributed by atoms with Crippen LogP contribution in [-0.2, 0) is 9.84 Å². The summed E-state index contributed by atoms with van der Waals surface area (Å²) in [5, 5.41) is 6.38. The average molecular weight is 371 g/mol. The van der Waals surface area contributed by atoms with Crippen molar-refractivity contribution in [3.8, 4) is 0 Å². The minimum Gasteiger partial charge on any atom is -0.468 e. The second kappa shape index (κ2) is 9.82. The number of hydrogen-bond donors (Lipinski definition) is 2. The Hall–Kier alpha value is -1.54. The summed E-state index contributed by atoms with van der Waals surface area (Å²) in [6.45, 7) is 4.80. The second-order valence-electron chi connectivity index (χ2n) is 6.24. The smallest absolute Gasteiger partial charge is 0.191 e. The van der Waals surface area contributed by atoms with Crippen molar-refractivity contribution in [2.75, 3.05) is 44.7 Å². The lowest BCUT2D eigenvalue weighted by molar-refractivity contribution is 0.146. The number of piperidine rings is 1. The van der Waals surface area contributed by atoms with Gasteiger partial charge in [-0.2, -0.15) is 0 Å². The maximum atomic E-state index is 11.6. The van der Waals surface area contributed by atoms with Gasteiger partial charge in [-0.15, -0.1) is 0 Å². The predicted octanol–water partition coefficient (Wildman–Crippen LogP) is 1.41. The predicted molar refractivity (Wildman–Crippen MR) is 101 cm³/mol. The number of rotatable bonds is 8. The third kappa shape index (κ3) is 6.36. The first-order chi connectivity index (χ1) is 12.1. The van der Waals surface area contributed by atoms with Crippen molar-refractivity contribution in [1.29, 1.82) is 0 Å². The molecule has 2 heterocycles. The summed E-state index contributed by atoms with van der Waals surface area (Å²) in [5.74, 6) is 1.83. The molecule has 1 saturated heterocycles. The lowest BCUT2D eigenvalue weighted by Crippen LogP contribution is -2.45. The zero-order chi connectivity index (χ0) is 18.1. The van der Waals surface area contributed by atoms with Gasteiger partial charge in [-0.3, -0.25) is 9.89 Å². The standard InChI is InChI=1S/C17H30N4O3S/c1-3-25(22,23)13-9-19-17(18-2)20-14-15(16-8-7-12-24-16)21-10-5-4-6-11-21/h7-8,12,15H,3-6,9-11,13-14H2,1-2H3,(H2,18,19,20). The van der Waals surface area contributed by atoms with E-state index in [2.05, 4.69) is 20.5 Å². The topological polar surface area (TPSA) is 86.9 Å². The molecule has 0 radical (unpaired) electrons. The Labute approximate surface area is 150 Å². The highest BCUT2D eigenvalue weighted by Crippen LogP contribution is 2.24. The fourth-order valence-corrected chi connectivity index (χ4v) is 3.71. The van der Waals surface area contributed by atoms with Gasteiger partial charge in [0.25, 0.3) is 0 Å². The van der Waals surface area contributed by atoms with E-state index in [4.69, 9.17) is 4.42 Å². The molecule has 2 rings (SSSR count). The molecular formula is C17H30N4O3S. The van der Waals surface area contributed by atoms with E-state index < -0.39 is 9.84 Å². The maximum Gasteiger partial charge on any atom is 0.191 e. The van der Waals surface area contributed by atoms with Gasteiger partial charge in [0.1, 0.15) is 5.76 Å². The molecule has 1 aliphatic heterocycles. The Morgan fingerprint density at radius 3 is 2.68 bits per heavy atom. The van der Waals surface area contributed by atoms with E-state index in [0.717, 1.165) is 18.8 Å². The molecular weight excluding hydrogens is 340 g/mol. The zero-order valence-electron chi connectivity index (χ0n) is 15.2. The van der Waals surface area contributed by atoms with E-state index in [9.17, 15) is 8.42 Å². The van der Waals surface area contributed by atoms with E-state index in [0.29, 0.717) is 19.0 Å². The summed E-state index contributed by atoms with van der Waals surface area (Å²) in [7, 11) is -1.29. The first-order valence-corrected chi connectivity index (χ1v) is 10.8. The second-order valence-corrected chi connectivity index (χ2v) is 8.72. The minimum atomic E-state index is -2.98. The van der Waals surface area contributed by atoms with Crippen LogP contribution >= 0.6 is 0 Å². The molecule has 2 N–H and O–H groups in total. The van der Waals surface area contributed by atoms with Crippen LogP contribution in [0.3, 0.4) is 0 Å². The highest BCUT2D eigenvalue weighted by atomic mass is 32.2. The van der Waals surface area contributed by atoms with Crippen LogP contribution in [0, 0.1) is 0 Å². The van der Waals surface area contributed by atoms with E-state index in [1.807, 2.05) is 12.1 Å². The van der Waals surface area contributed by atoms with E-state index in [-0.39, 0.29) is 17.5 Å². The number of aliphatic imine (C=N–C) groups is 1. The Morgan fingerprint density at radius 2 is 2.08 bits per heavy atom. The summed E-state index contributed by atoms with van der Waals surface area (Å²) in [5.41, 5.74) is 0. The van der Waals surface area contributed by atoms with Crippen LogP contribution in [0.1, 0.15) is 38.0 Å². The van der Waals surface area contributed by atoms with Gasteiger partial charge in [0.05, 0.1) is 18.1 Å². The minimum absolute atomic E-state index is 0.109. The van der Waals surface area contributed by atoms with Crippen molar-refractivity contribution in [2.24, 2.45) is 4.99 Å². The summed E-state index contributed by atoms with van der Waals surface area (Å²) in [6, 6.07) is 4.06. The molecule has 1 aromatic heterocycles. The number of furan rings is 1. The molecule has 1 aromatic rings. The van der Waals surface area contributed by atoms with E-state index in [1.165, 1.54) is 19.3 Å². The van der Waals surface area contributed by atoms with Gasteiger partial charge < -0.3 is 15.1 Å². The van der Waals surface area contributed by atoms with Crippen LogP contribution in [0.5, 0.6) is 0 Å². The number of nitrogens with zero attached hydrogens (tertiary/aromatic N) is 2. The molecule has 142 valence electrons. The fourth-order valence-electron chi connectivity index (χ4n) is 3.00. The molecule has 0 spiro atoms. The Kier molecular flexibility index (Phi) is 7.77. The van der Waals surface area contributed by atoms with Crippen LogP contribution in [-0.4, -0.2) is 64.0 Å². The fraction of sp³-hybridized carbons (Fsp3) is 0.706. The molecule has 0 aromatic carbocycles. The molecule has 0 aliphatic carbocycles.